The van der Waals surface area contributed by atoms with Gasteiger partial charge in [0.2, 0.25) is 0 Å². The van der Waals surface area contributed by atoms with Crippen molar-refractivity contribution in [3.63, 3.8) is 0 Å². The molecule has 1 nitrogen and oxygen atoms in total. The predicted molar refractivity (Wildman–Crippen MR) is 59.7 cm³/mol. The molecular weight excluding hydrogens is 247 g/mol. The molecule has 1 aromatic carbocycles. The zero-order valence-electron chi connectivity index (χ0n) is 8.00. The molecule has 71 valence electrons. The van der Waals surface area contributed by atoms with Gasteiger partial charge in [-0.25, -0.2) is 0 Å². The van der Waals surface area contributed by atoms with Gasteiger partial charge in [-0.1, -0.05) is 0 Å². The van der Waals surface area contributed by atoms with Crippen LogP contribution in [0.15, 0.2) is 17.0 Å². The van der Waals surface area contributed by atoms with Gasteiger partial charge in [0.15, 0.2) is 0 Å². The first kappa shape index (κ1) is 11.0. The molecule has 1 aromatic rings. The molecular formula is C10H13OSSe. The van der Waals surface area contributed by atoms with Crippen LogP contribution in [0, 0.1) is 0 Å². The van der Waals surface area contributed by atoms with Crippen LogP contribution in [0.2, 0.25) is 0 Å². The predicted octanol–water partition coefficient (Wildman–Crippen LogP) is 1.90. The molecule has 0 atom stereocenters. The second-order valence-corrected chi connectivity index (χ2v) is 4.49. The van der Waals surface area contributed by atoms with Crippen LogP contribution in [0.3, 0.4) is 0 Å². The van der Waals surface area contributed by atoms with Crippen molar-refractivity contribution < 1.29 is 4.74 Å². The zero-order chi connectivity index (χ0) is 10.0. The summed E-state index contributed by atoms with van der Waals surface area (Å²) < 4.78 is 6.18. The fraction of sp³-hybridized carbons (Fsp3) is 0.400. The average molecular weight is 260 g/mol. The molecule has 0 saturated heterocycles. The molecule has 0 saturated carbocycles. The van der Waals surface area contributed by atoms with E-state index in [-0.39, 0.29) is 0 Å². The van der Waals surface area contributed by atoms with E-state index in [0.717, 1.165) is 15.1 Å². The van der Waals surface area contributed by atoms with E-state index >= 15 is 0 Å². The number of thiol groups is 1. The Morgan fingerprint density at radius 1 is 1.38 bits per heavy atom. The summed E-state index contributed by atoms with van der Waals surface area (Å²) in [6.45, 7) is 4.31. The van der Waals surface area contributed by atoms with E-state index in [2.05, 4.69) is 48.6 Å². The SMILES string of the molecule is COc1ccc(C(C)C)c(S)c1[Se]. The topological polar surface area (TPSA) is 9.23 Å². The van der Waals surface area contributed by atoms with Crippen molar-refractivity contribution in [3.8, 4) is 5.75 Å². The van der Waals surface area contributed by atoms with E-state index in [1.807, 2.05) is 6.07 Å². The minimum absolute atomic E-state index is 0.491. The molecule has 0 heterocycles. The summed E-state index contributed by atoms with van der Waals surface area (Å²) in [6, 6.07) is 4.04. The summed E-state index contributed by atoms with van der Waals surface area (Å²) in [7, 11) is 1.67. The summed E-state index contributed by atoms with van der Waals surface area (Å²) in [5.41, 5.74) is 1.25. The Hall–Kier alpha value is -0.111. The molecule has 0 fully saturated rings. The van der Waals surface area contributed by atoms with Gasteiger partial charge in [-0.05, 0) is 0 Å². The summed E-state index contributed by atoms with van der Waals surface area (Å²) in [5, 5.41) is 0. The molecule has 1 radical (unpaired) electrons. The third-order valence-corrected chi connectivity index (χ3v) is 3.64. The van der Waals surface area contributed by atoms with Gasteiger partial charge in [0.1, 0.15) is 0 Å². The minimum atomic E-state index is 0.491. The van der Waals surface area contributed by atoms with E-state index in [1.165, 1.54) is 5.56 Å². The van der Waals surface area contributed by atoms with Crippen LogP contribution in [-0.2, 0) is 0 Å². The van der Waals surface area contributed by atoms with E-state index < -0.39 is 0 Å². The number of hydrogen-bond acceptors (Lipinski definition) is 2. The van der Waals surface area contributed by atoms with Gasteiger partial charge in [-0.2, -0.15) is 0 Å². The molecule has 1 rings (SSSR count). The van der Waals surface area contributed by atoms with Crippen LogP contribution >= 0.6 is 12.6 Å². The van der Waals surface area contributed by atoms with E-state index in [1.54, 1.807) is 7.11 Å². The Kier molecular flexibility index (Phi) is 3.72. The molecule has 0 aliphatic heterocycles. The van der Waals surface area contributed by atoms with E-state index in [4.69, 9.17) is 4.74 Å². The van der Waals surface area contributed by atoms with Gasteiger partial charge < -0.3 is 0 Å². The van der Waals surface area contributed by atoms with Crippen LogP contribution in [0.1, 0.15) is 25.3 Å². The van der Waals surface area contributed by atoms with Crippen LogP contribution in [0.25, 0.3) is 0 Å². The summed E-state index contributed by atoms with van der Waals surface area (Å²) in [5.74, 6) is 1.35. The van der Waals surface area contributed by atoms with Gasteiger partial charge in [0, 0.05) is 0 Å². The first-order valence-corrected chi connectivity index (χ1v) is 5.45. The second kappa shape index (κ2) is 4.41. The Morgan fingerprint density at radius 2 is 2.00 bits per heavy atom. The molecule has 0 aromatic heterocycles. The fourth-order valence-electron chi connectivity index (χ4n) is 1.19. The normalized spacial score (nSPS) is 10.5. The number of rotatable bonds is 2. The average Bonchev–Trinajstić information content (AvgIpc) is 2.09. The van der Waals surface area contributed by atoms with Gasteiger partial charge in [0.25, 0.3) is 0 Å². The summed E-state index contributed by atoms with van der Waals surface area (Å²) in [4.78, 5) is 0.995. The van der Waals surface area contributed by atoms with Crippen molar-refractivity contribution in [3.05, 3.63) is 17.7 Å². The van der Waals surface area contributed by atoms with Gasteiger partial charge in [0.05, 0.1) is 0 Å². The molecule has 0 unspecified atom stereocenters. The summed E-state index contributed by atoms with van der Waals surface area (Å²) in [6.07, 6.45) is 0. The molecule has 0 bridgehead atoms. The molecule has 0 aliphatic rings. The third-order valence-electron chi connectivity index (χ3n) is 1.97. The number of hydrogen-bond donors (Lipinski definition) is 1. The fourth-order valence-corrected chi connectivity index (χ4v) is 2.20. The first-order chi connectivity index (χ1) is 6.07. The van der Waals surface area contributed by atoms with Crippen LogP contribution in [0.5, 0.6) is 5.75 Å². The molecule has 0 N–H and O–H groups in total. The Bertz CT molecular complexity index is 310. The number of ether oxygens (including phenoxy) is 1. The summed E-state index contributed by atoms with van der Waals surface area (Å²) >= 11 is 7.45. The molecule has 0 aliphatic carbocycles. The van der Waals surface area contributed by atoms with Crippen molar-refractivity contribution in [1.29, 1.82) is 0 Å². The molecule has 0 spiro atoms. The maximum absolute atomic E-state index is 5.18. The van der Waals surface area contributed by atoms with Crippen molar-refractivity contribution in [2.24, 2.45) is 0 Å². The van der Waals surface area contributed by atoms with E-state index in [0.29, 0.717) is 5.92 Å². The molecule has 13 heavy (non-hydrogen) atoms. The van der Waals surface area contributed by atoms with Gasteiger partial charge >= 0.3 is 93.1 Å². The zero-order valence-corrected chi connectivity index (χ0v) is 10.6. The standard InChI is InChI=1S/C10H13OSSe/c1-6(2)7-4-5-8(11-3)10(13)9(7)12/h4-6,12H,1-3H3. The van der Waals surface area contributed by atoms with Crippen LogP contribution in [0.4, 0.5) is 0 Å². The quantitative estimate of drug-likeness (QED) is 0.631. The Balaban J connectivity index is 3.23. The van der Waals surface area contributed by atoms with Gasteiger partial charge in [-0.3, -0.25) is 0 Å². The van der Waals surface area contributed by atoms with E-state index in [9.17, 15) is 0 Å². The monoisotopic (exact) mass is 261 g/mol. The Labute approximate surface area is 93.1 Å². The Morgan fingerprint density at radius 3 is 2.46 bits per heavy atom. The first-order valence-electron chi connectivity index (χ1n) is 4.14. The van der Waals surface area contributed by atoms with Crippen molar-refractivity contribution in [2.75, 3.05) is 7.11 Å². The molecule has 3 heteroatoms. The maximum atomic E-state index is 5.18. The number of methoxy groups -OCH3 is 1. The van der Waals surface area contributed by atoms with Crippen molar-refractivity contribution >= 4 is 33.1 Å². The second-order valence-electron chi connectivity index (χ2n) is 3.19. The number of benzene rings is 1. The van der Waals surface area contributed by atoms with Crippen molar-refractivity contribution in [2.45, 2.75) is 24.7 Å². The third kappa shape index (κ3) is 2.22. The van der Waals surface area contributed by atoms with Crippen LogP contribution < -0.4 is 9.20 Å². The van der Waals surface area contributed by atoms with Crippen LogP contribution in [-0.4, -0.2) is 23.1 Å². The van der Waals surface area contributed by atoms with Crippen molar-refractivity contribution in [1.82, 2.24) is 0 Å². The van der Waals surface area contributed by atoms with Gasteiger partial charge in [-0.15, -0.1) is 0 Å². The molecule has 0 amide bonds.